The molecular formula is C15H13FN2O2. The summed E-state index contributed by atoms with van der Waals surface area (Å²) in [5.41, 5.74) is 2.74. The smallest absolute Gasteiger partial charge is 0.295 e. The van der Waals surface area contributed by atoms with Crippen LogP contribution in [0.2, 0.25) is 0 Å². The van der Waals surface area contributed by atoms with Crippen molar-refractivity contribution < 1.29 is 9.31 Å². The lowest BCUT2D eigenvalue weighted by Crippen LogP contribution is -2.30. The molecule has 0 fully saturated rings. The Bertz CT molecular complexity index is 673. The number of fused-ring (bicyclic) bond motifs is 1. The van der Waals surface area contributed by atoms with Crippen molar-refractivity contribution in [3.8, 4) is 0 Å². The van der Waals surface area contributed by atoms with Crippen molar-refractivity contribution >= 4 is 11.4 Å². The summed E-state index contributed by atoms with van der Waals surface area (Å²) in [7, 11) is 0. The third-order valence-electron chi connectivity index (χ3n) is 3.61. The topological polar surface area (TPSA) is 46.4 Å². The minimum Gasteiger partial charge on any atom is -0.361 e. The molecule has 0 atom stereocenters. The summed E-state index contributed by atoms with van der Waals surface area (Å²) in [5.74, 6) is -0.585. The zero-order chi connectivity index (χ0) is 14.1. The van der Waals surface area contributed by atoms with Gasteiger partial charge in [-0.25, -0.2) is 4.39 Å². The summed E-state index contributed by atoms with van der Waals surface area (Å²) in [6.07, 6.45) is 0.838. The molecule has 1 heterocycles. The average molecular weight is 272 g/mol. The van der Waals surface area contributed by atoms with Crippen LogP contribution >= 0.6 is 0 Å². The molecule has 0 aliphatic carbocycles. The van der Waals surface area contributed by atoms with Crippen LogP contribution in [0.15, 0.2) is 42.5 Å². The fourth-order valence-corrected chi connectivity index (χ4v) is 2.61. The Morgan fingerprint density at radius 2 is 1.90 bits per heavy atom. The third-order valence-corrected chi connectivity index (χ3v) is 3.61. The van der Waals surface area contributed by atoms with Crippen molar-refractivity contribution in [1.82, 2.24) is 0 Å². The van der Waals surface area contributed by atoms with Crippen LogP contribution in [-0.4, -0.2) is 11.5 Å². The van der Waals surface area contributed by atoms with Gasteiger partial charge in [-0.2, -0.15) is 0 Å². The van der Waals surface area contributed by atoms with Gasteiger partial charge in [-0.3, -0.25) is 10.1 Å². The van der Waals surface area contributed by atoms with E-state index < -0.39 is 10.7 Å². The number of hydrogen-bond donors (Lipinski definition) is 0. The van der Waals surface area contributed by atoms with Crippen molar-refractivity contribution in [3.05, 3.63) is 69.5 Å². The van der Waals surface area contributed by atoms with Gasteiger partial charge in [0.15, 0.2) is 0 Å². The molecule has 0 saturated heterocycles. The van der Waals surface area contributed by atoms with Crippen molar-refractivity contribution in [1.29, 1.82) is 0 Å². The number of nitro groups is 1. The number of hydrogen-bond acceptors (Lipinski definition) is 3. The van der Waals surface area contributed by atoms with Gasteiger partial charge < -0.3 is 4.90 Å². The number of anilines is 1. The van der Waals surface area contributed by atoms with Gasteiger partial charge >= 0.3 is 0 Å². The number of halogens is 1. The molecule has 1 aliphatic rings. The molecule has 102 valence electrons. The molecule has 0 bridgehead atoms. The lowest BCUT2D eigenvalue weighted by molar-refractivity contribution is -0.384. The van der Waals surface area contributed by atoms with Gasteiger partial charge in [0, 0.05) is 13.1 Å². The maximum absolute atomic E-state index is 13.2. The first-order chi connectivity index (χ1) is 9.65. The average Bonchev–Trinajstić information content (AvgIpc) is 2.46. The van der Waals surface area contributed by atoms with Crippen LogP contribution < -0.4 is 4.90 Å². The van der Waals surface area contributed by atoms with Crippen LogP contribution in [0.5, 0.6) is 0 Å². The van der Waals surface area contributed by atoms with E-state index >= 15 is 0 Å². The first-order valence-corrected chi connectivity index (χ1v) is 6.41. The van der Waals surface area contributed by atoms with Crippen LogP contribution in [0.4, 0.5) is 15.8 Å². The van der Waals surface area contributed by atoms with Crippen molar-refractivity contribution in [3.63, 3.8) is 0 Å². The molecule has 0 unspecified atom stereocenters. The van der Waals surface area contributed by atoms with E-state index in [1.165, 1.54) is 17.7 Å². The molecular weight excluding hydrogens is 259 g/mol. The lowest BCUT2D eigenvalue weighted by atomic mass is 9.99. The number of rotatable bonds is 2. The molecule has 2 aromatic rings. The Kier molecular flexibility index (Phi) is 3.10. The SMILES string of the molecule is O=[N+]([O-])c1cc(F)ccc1N1CCc2ccccc2C1. The van der Waals surface area contributed by atoms with Gasteiger partial charge in [0.2, 0.25) is 0 Å². The van der Waals surface area contributed by atoms with E-state index in [1.807, 2.05) is 23.1 Å². The molecule has 5 heteroatoms. The Labute approximate surface area is 115 Å². The normalized spacial score (nSPS) is 13.9. The van der Waals surface area contributed by atoms with Gasteiger partial charge in [-0.1, -0.05) is 24.3 Å². The first-order valence-electron chi connectivity index (χ1n) is 6.41. The van der Waals surface area contributed by atoms with Crippen LogP contribution in [0.25, 0.3) is 0 Å². The second kappa shape index (κ2) is 4.92. The molecule has 0 N–H and O–H groups in total. The Hall–Kier alpha value is -2.43. The predicted molar refractivity (Wildman–Crippen MR) is 74.3 cm³/mol. The van der Waals surface area contributed by atoms with E-state index in [2.05, 4.69) is 6.07 Å². The van der Waals surface area contributed by atoms with Crippen LogP contribution in [0, 0.1) is 15.9 Å². The largest absolute Gasteiger partial charge is 0.361 e. The molecule has 20 heavy (non-hydrogen) atoms. The minimum absolute atomic E-state index is 0.176. The van der Waals surface area contributed by atoms with Gasteiger partial charge in [-0.05, 0) is 29.7 Å². The zero-order valence-electron chi connectivity index (χ0n) is 10.8. The van der Waals surface area contributed by atoms with E-state index in [0.717, 1.165) is 18.1 Å². The van der Waals surface area contributed by atoms with Crippen molar-refractivity contribution in [2.45, 2.75) is 13.0 Å². The standard InChI is InChI=1S/C15H13FN2O2/c16-13-5-6-14(15(9-13)18(19)20)17-8-7-11-3-1-2-4-12(11)10-17/h1-6,9H,7-8,10H2. The molecule has 0 amide bonds. The number of nitro benzene ring substituents is 1. The van der Waals surface area contributed by atoms with E-state index in [0.29, 0.717) is 18.8 Å². The van der Waals surface area contributed by atoms with Gasteiger partial charge in [0.25, 0.3) is 5.69 Å². The molecule has 3 rings (SSSR count). The van der Waals surface area contributed by atoms with E-state index in [1.54, 1.807) is 0 Å². The molecule has 1 aliphatic heterocycles. The summed E-state index contributed by atoms with van der Waals surface area (Å²) in [6.45, 7) is 1.31. The molecule has 2 aromatic carbocycles. The Morgan fingerprint density at radius 1 is 1.15 bits per heavy atom. The minimum atomic E-state index is -0.585. The number of nitrogens with zero attached hydrogens (tertiary/aromatic N) is 2. The quantitative estimate of drug-likeness (QED) is 0.622. The highest BCUT2D eigenvalue weighted by molar-refractivity contribution is 5.64. The summed E-state index contributed by atoms with van der Waals surface area (Å²) in [6, 6.07) is 11.8. The van der Waals surface area contributed by atoms with E-state index in [4.69, 9.17) is 0 Å². The van der Waals surface area contributed by atoms with E-state index in [9.17, 15) is 14.5 Å². The van der Waals surface area contributed by atoms with Crippen molar-refractivity contribution in [2.75, 3.05) is 11.4 Å². The van der Waals surface area contributed by atoms with Crippen LogP contribution in [-0.2, 0) is 13.0 Å². The number of benzene rings is 2. The Balaban J connectivity index is 1.97. The highest BCUT2D eigenvalue weighted by Crippen LogP contribution is 2.32. The van der Waals surface area contributed by atoms with Gasteiger partial charge in [-0.15, -0.1) is 0 Å². The first kappa shape index (κ1) is 12.6. The van der Waals surface area contributed by atoms with Crippen LogP contribution in [0.1, 0.15) is 11.1 Å². The lowest BCUT2D eigenvalue weighted by Gasteiger charge is -2.30. The van der Waals surface area contributed by atoms with E-state index in [-0.39, 0.29) is 5.69 Å². The summed E-state index contributed by atoms with van der Waals surface area (Å²) in [5, 5.41) is 11.1. The Morgan fingerprint density at radius 3 is 2.65 bits per heavy atom. The monoisotopic (exact) mass is 272 g/mol. The molecule has 0 aromatic heterocycles. The van der Waals surface area contributed by atoms with Gasteiger partial charge in [0.1, 0.15) is 11.5 Å². The molecule has 0 radical (unpaired) electrons. The maximum Gasteiger partial charge on any atom is 0.295 e. The molecule has 0 saturated carbocycles. The second-order valence-electron chi connectivity index (χ2n) is 4.83. The summed E-state index contributed by atoms with van der Waals surface area (Å²) in [4.78, 5) is 12.5. The highest BCUT2D eigenvalue weighted by atomic mass is 19.1. The molecule has 0 spiro atoms. The van der Waals surface area contributed by atoms with Gasteiger partial charge in [0.05, 0.1) is 11.0 Å². The molecule has 4 nitrogen and oxygen atoms in total. The predicted octanol–water partition coefficient (Wildman–Crippen LogP) is 3.30. The van der Waals surface area contributed by atoms with Crippen molar-refractivity contribution in [2.24, 2.45) is 0 Å². The third kappa shape index (κ3) is 2.22. The fourth-order valence-electron chi connectivity index (χ4n) is 2.61. The summed E-state index contributed by atoms with van der Waals surface area (Å²) < 4.78 is 13.2. The maximum atomic E-state index is 13.2. The second-order valence-corrected chi connectivity index (χ2v) is 4.83. The fraction of sp³-hybridized carbons (Fsp3) is 0.200. The zero-order valence-corrected chi connectivity index (χ0v) is 10.8. The highest BCUT2D eigenvalue weighted by Gasteiger charge is 2.23. The summed E-state index contributed by atoms with van der Waals surface area (Å²) >= 11 is 0. The van der Waals surface area contributed by atoms with Crippen LogP contribution in [0.3, 0.4) is 0 Å².